The van der Waals surface area contributed by atoms with E-state index in [9.17, 15) is 4.79 Å². The third kappa shape index (κ3) is 3.76. The number of amides is 1. The molecular formula is C23H24N4O2. The molecule has 6 nitrogen and oxygen atoms in total. The zero-order valence-corrected chi connectivity index (χ0v) is 16.5. The Kier molecular flexibility index (Phi) is 4.56. The average Bonchev–Trinajstić information content (AvgIpc) is 3.12. The molecule has 0 spiro atoms. The Bertz CT molecular complexity index is 1040. The smallest absolute Gasteiger partial charge is 0.236 e. The second-order valence-corrected chi connectivity index (χ2v) is 7.95. The third-order valence-electron chi connectivity index (χ3n) is 5.79. The first-order chi connectivity index (χ1) is 14.1. The number of hydrogen-bond donors (Lipinski definition) is 0. The number of carbonyl (C=O) groups is 1. The van der Waals surface area contributed by atoms with Crippen molar-refractivity contribution >= 4 is 5.91 Å². The molecule has 1 atom stereocenters. The van der Waals surface area contributed by atoms with Gasteiger partial charge >= 0.3 is 0 Å². The number of fused-ring (bicyclic) bond motifs is 6. The summed E-state index contributed by atoms with van der Waals surface area (Å²) >= 11 is 0. The van der Waals surface area contributed by atoms with Crippen LogP contribution in [0.4, 0.5) is 0 Å². The summed E-state index contributed by atoms with van der Waals surface area (Å²) in [5.74, 6) is 1.84. The van der Waals surface area contributed by atoms with E-state index in [0.29, 0.717) is 13.1 Å². The van der Waals surface area contributed by atoms with E-state index in [1.165, 1.54) is 5.56 Å². The molecule has 29 heavy (non-hydrogen) atoms. The van der Waals surface area contributed by atoms with Crippen LogP contribution in [0, 0.1) is 0 Å². The summed E-state index contributed by atoms with van der Waals surface area (Å²) in [6.45, 7) is 2.58. The maximum atomic E-state index is 12.4. The zero-order chi connectivity index (χ0) is 19.8. The highest BCUT2D eigenvalue weighted by atomic mass is 16.5. The van der Waals surface area contributed by atoms with E-state index in [4.69, 9.17) is 4.74 Å². The molecule has 1 amide bonds. The lowest BCUT2D eigenvalue weighted by atomic mass is 10.0. The maximum Gasteiger partial charge on any atom is 0.236 e. The number of rotatable bonds is 0. The van der Waals surface area contributed by atoms with Gasteiger partial charge in [-0.2, -0.15) is 0 Å². The van der Waals surface area contributed by atoms with Crippen molar-refractivity contribution in [1.29, 1.82) is 0 Å². The van der Waals surface area contributed by atoms with E-state index in [1.807, 2.05) is 48.7 Å². The highest BCUT2D eigenvalue weighted by Crippen LogP contribution is 2.26. The molecule has 2 aliphatic rings. The predicted octanol–water partition coefficient (Wildman–Crippen LogP) is 2.92. The van der Waals surface area contributed by atoms with Gasteiger partial charge in [-0.1, -0.05) is 24.3 Å². The summed E-state index contributed by atoms with van der Waals surface area (Å²) < 4.78 is 8.30. The zero-order valence-electron chi connectivity index (χ0n) is 16.5. The molecule has 3 heterocycles. The van der Waals surface area contributed by atoms with Gasteiger partial charge in [0.2, 0.25) is 5.91 Å². The SMILES string of the molecule is CN1CC2Cc3cccc(c3)Oc3cccc(c3)Cn3cncc3CN2CC1=O. The van der Waals surface area contributed by atoms with Crippen molar-refractivity contribution in [2.75, 3.05) is 20.1 Å². The van der Waals surface area contributed by atoms with Gasteiger partial charge in [0.25, 0.3) is 0 Å². The van der Waals surface area contributed by atoms with Crippen molar-refractivity contribution in [1.82, 2.24) is 19.4 Å². The first-order valence-electron chi connectivity index (χ1n) is 9.97. The van der Waals surface area contributed by atoms with E-state index in [2.05, 4.69) is 38.7 Å². The van der Waals surface area contributed by atoms with E-state index in [1.54, 1.807) is 0 Å². The lowest BCUT2D eigenvalue weighted by Crippen LogP contribution is -2.55. The first-order valence-corrected chi connectivity index (χ1v) is 9.97. The van der Waals surface area contributed by atoms with Crippen molar-refractivity contribution in [2.24, 2.45) is 0 Å². The number of hydrogen-bond acceptors (Lipinski definition) is 4. The molecule has 148 valence electrons. The Morgan fingerprint density at radius 1 is 1.00 bits per heavy atom. The fraction of sp³-hybridized carbons (Fsp3) is 0.304. The summed E-state index contributed by atoms with van der Waals surface area (Å²) in [6, 6.07) is 16.7. The molecule has 0 aliphatic carbocycles. The van der Waals surface area contributed by atoms with E-state index >= 15 is 0 Å². The quantitative estimate of drug-likeness (QED) is 0.594. The maximum absolute atomic E-state index is 12.4. The fourth-order valence-electron chi connectivity index (χ4n) is 4.21. The monoisotopic (exact) mass is 388 g/mol. The minimum absolute atomic E-state index is 0.165. The van der Waals surface area contributed by atoms with E-state index < -0.39 is 0 Å². The molecule has 3 aromatic rings. The number of ether oxygens (including phenoxy) is 1. The van der Waals surface area contributed by atoms with Crippen LogP contribution in [-0.2, 0) is 24.3 Å². The second-order valence-electron chi connectivity index (χ2n) is 7.95. The number of carbonyl (C=O) groups excluding carboxylic acids is 1. The van der Waals surface area contributed by atoms with Crippen LogP contribution in [0.3, 0.4) is 0 Å². The van der Waals surface area contributed by atoms with Crippen LogP contribution >= 0.6 is 0 Å². The molecule has 0 N–H and O–H groups in total. The van der Waals surface area contributed by atoms with Gasteiger partial charge in [0.05, 0.1) is 18.6 Å². The lowest BCUT2D eigenvalue weighted by molar-refractivity contribution is -0.137. The molecule has 6 heteroatoms. The van der Waals surface area contributed by atoms with Crippen LogP contribution in [0.15, 0.2) is 61.1 Å². The molecule has 4 bridgehead atoms. The topological polar surface area (TPSA) is 50.6 Å². The van der Waals surface area contributed by atoms with Crippen molar-refractivity contribution in [3.05, 3.63) is 77.9 Å². The summed E-state index contributed by atoms with van der Waals surface area (Å²) in [7, 11) is 1.89. The first kappa shape index (κ1) is 17.9. The van der Waals surface area contributed by atoms with Gasteiger partial charge in [-0.3, -0.25) is 9.69 Å². The fourth-order valence-corrected chi connectivity index (χ4v) is 4.21. The van der Waals surface area contributed by atoms with Crippen LogP contribution in [0.25, 0.3) is 0 Å². The summed E-state index contributed by atoms with van der Waals surface area (Å²) in [6.07, 6.45) is 4.64. The van der Waals surface area contributed by atoms with Crippen LogP contribution in [0.5, 0.6) is 11.5 Å². The molecule has 1 aromatic heterocycles. The molecule has 0 radical (unpaired) electrons. The predicted molar refractivity (Wildman–Crippen MR) is 110 cm³/mol. The van der Waals surface area contributed by atoms with Gasteiger partial charge < -0.3 is 14.2 Å². The number of aromatic nitrogens is 2. The summed E-state index contributed by atoms with van der Waals surface area (Å²) in [4.78, 5) is 20.9. The van der Waals surface area contributed by atoms with Gasteiger partial charge in [-0.05, 0) is 41.8 Å². The highest BCUT2D eigenvalue weighted by molar-refractivity contribution is 5.78. The van der Waals surface area contributed by atoms with Gasteiger partial charge in [-0.15, -0.1) is 0 Å². The Balaban J connectivity index is 1.56. The van der Waals surface area contributed by atoms with Crippen LogP contribution in [0.2, 0.25) is 0 Å². The largest absolute Gasteiger partial charge is 0.457 e. The van der Waals surface area contributed by atoms with E-state index in [0.717, 1.165) is 42.3 Å². The molecule has 1 saturated heterocycles. The second kappa shape index (κ2) is 7.37. The molecule has 1 unspecified atom stereocenters. The standard InChI is InChI=1S/C23H24N4O2/c1-25-13-19-8-17-4-2-6-21(9-17)29-22-7-3-5-18(10-22)12-27-16-24-11-20(27)14-26(19)15-23(25)28/h2-7,9-11,16,19H,8,12-15H2,1H3. The molecule has 5 rings (SSSR count). The molecular weight excluding hydrogens is 364 g/mol. The number of benzene rings is 2. The van der Waals surface area contributed by atoms with Crippen molar-refractivity contribution in [2.45, 2.75) is 25.6 Å². The van der Waals surface area contributed by atoms with Gasteiger partial charge in [0.15, 0.2) is 0 Å². The summed E-state index contributed by atoms with van der Waals surface area (Å²) in [5.41, 5.74) is 3.48. The minimum atomic E-state index is 0.165. The number of piperazine rings is 1. The Morgan fingerprint density at radius 2 is 1.76 bits per heavy atom. The molecule has 2 aromatic carbocycles. The summed E-state index contributed by atoms with van der Waals surface area (Å²) in [5, 5.41) is 0. The van der Waals surface area contributed by atoms with Crippen molar-refractivity contribution in [3.63, 3.8) is 0 Å². The molecule has 2 aliphatic heterocycles. The highest BCUT2D eigenvalue weighted by Gasteiger charge is 2.31. The van der Waals surface area contributed by atoms with Gasteiger partial charge in [0, 0.05) is 38.9 Å². The lowest BCUT2D eigenvalue weighted by Gasteiger charge is -2.39. The normalized spacial score (nSPS) is 19.7. The minimum Gasteiger partial charge on any atom is -0.457 e. The number of likely N-dealkylation sites (N-methyl/N-ethyl adjacent to an activating group) is 1. The van der Waals surface area contributed by atoms with E-state index in [-0.39, 0.29) is 11.9 Å². The molecule has 1 fully saturated rings. The Morgan fingerprint density at radius 3 is 2.59 bits per heavy atom. The molecule has 0 saturated carbocycles. The van der Waals surface area contributed by atoms with Crippen molar-refractivity contribution < 1.29 is 9.53 Å². The Hall–Kier alpha value is -3.12. The third-order valence-corrected chi connectivity index (χ3v) is 5.79. The van der Waals surface area contributed by atoms with Crippen LogP contribution in [-0.4, -0.2) is 51.4 Å². The van der Waals surface area contributed by atoms with Crippen molar-refractivity contribution in [3.8, 4) is 11.5 Å². The number of imidazole rings is 1. The Labute approximate surface area is 170 Å². The average molecular weight is 388 g/mol. The van der Waals surface area contributed by atoms with Crippen LogP contribution in [0.1, 0.15) is 16.8 Å². The van der Waals surface area contributed by atoms with Gasteiger partial charge in [0.1, 0.15) is 11.5 Å². The number of nitrogens with zero attached hydrogens (tertiary/aromatic N) is 4. The van der Waals surface area contributed by atoms with Crippen LogP contribution < -0.4 is 4.74 Å². The van der Waals surface area contributed by atoms with Gasteiger partial charge in [-0.25, -0.2) is 4.98 Å².